The molecule has 0 atom stereocenters. The lowest BCUT2D eigenvalue weighted by Gasteiger charge is -2.12. The Labute approximate surface area is 111 Å². The Balaban J connectivity index is 3.29. The van der Waals surface area contributed by atoms with E-state index in [0.717, 1.165) is 0 Å². The van der Waals surface area contributed by atoms with Gasteiger partial charge in [-0.3, -0.25) is 0 Å². The Morgan fingerprint density at radius 2 is 1.89 bits per heavy atom. The highest BCUT2D eigenvalue weighted by molar-refractivity contribution is 7.89. The first-order valence-electron chi connectivity index (χ1n) is 4.98. The number of hydrogen-bond donors (Lipinski definition) is 2. The molecule has 2 N–H and O–H groups in total. The first-order chi connectivity index (χ1) is 8.46. The predicted molar refractivity (Wildman–Crippen MR) is 66.8 cm³/mol. The predicted octanol–water partition coefficient (Wildman–Crippen LogP) is 0.628. The molecule has 0 aliphatic rings. The second-order valence-corrected chi connectivity index (χ2v) is 5.40. The third-order valence-electron chi connectivity index (χ3n) is 2.13. The zero-order valence-electron chi connectivity index (χ0n) is 9.94. The van der Waals surface area contributed by atoms with Crippen molar-refractivity contribution in [1.82, 2.24) is 4.72 Å². The number of sulfonamides is 1. The van der Waals surface area contributed by atoms with E-state index in [1.807, 2.05) is 0 Å². The molecule has 1 rings (SSSR count). The maximum absolute atomic E-state index is 11.9. The van der Waals surface area contributed by atoms with Crippen LogP contribution in [0.1, 0.15) is 0 Å². The van der Waals surface area contributed by atoms with E-state index in [1.165, 1.54) is 26.4 Å². The van der Waals surface area contributed by atoms with Gasteiger partial charge in [-0.05, 0) is 0 Å². The summed E-state index contributed by atoms with van der Waals surface area (Å²) in [5, 5.41) is 8.89. The van der Waals surface area contributed by atoms with Gasteiger partial charge in [-0.25, -0.2) is 13.1 Å². The molecular formula is C10H14ClNO5S. The third kappa shape index (κ3) is 3.26. The van der Waals surface area contributed by atoms with Crippen LogP contribution in [-0.2, 0) is 10.0 Å². The molecule has 0 saturated carbocycles. The average Bonchev–Trinajstić information content (AvgIpc) is 2.35. The molecule has 0 aliphatic carbocycles. The number of hydrogen-bond acceptors (Lipinski definition) is 5. The highest BCUT2D eigenvalue weighted by Gasteiger charge is 2.21. The monoisotopic (exact) mass is 295 g/mol. The summed E-state index contributed by atoms with van der Waals surface area (Å²) in [4.78, 5) is -0.0975. The molecule has 0 aliphatic heterocycles. The van der Waals surface area contributed by atoms with E-state index in [4.69, 9.17) is 26.2 Å². The fourth-order valence-corrected chi connectivity index (χ4v) is 2.72. The van der Waals surface area contributed by atoms with E-state index < -0.39 is 10.0 Å². The largest absolute Gasteiger partial charge is 0.495 e. The van der Waals surface area contributed by atoms with Gasteiger partial charge < -0.3 is 14.6 Å². The topological polar surface area (TPSA) is 84.9 Å². The number of aliphatic hydroxyl groups is 1. The molecule has 6 nitrogen and oxygen atoms in total. The minimum atomic E-state index is -3.79. The Bertz CT molecular complexity index is 517. The molecular weight excluding hydrogens is 282 g/mol. The zero-order chi connectivity index (χ0) is 13.8. The number of benzene rings is 1. The van der Waals surface area contributed by atoms with Crippen molar-refractivity contribution in [3.63, 3.8) is 0 Å². The molecule has 8 heteroatoms. The van der Waals surface area contributed by atoms with Crippen molar-refractivity contribution in [3.8, 4) is 11.5 Å². The molecule has 1 aromatic rings. The minimum absolute atomic E-state index is 0.0869. The van der Waals surface area contributed by atoms with Gasteiger partial charge in [-0.1, -0.05) is 11.6 Å². The molecule has 0 aromatic heterocycles. The van der Waals surface area contributed by atoms with Crippen LogP contribution in [0.25, 0.3) is 0 Å². The van der Waals surface area contributed by atoms with Crippen LogP contribution in [0, 0.1) is 0 Å². The average molecular weight is 296 g/mol. The standard InChI is InChI=1S/C10H14ClNO5S/c1-16-8-6-10(9(17-2)5-7(8)11)18(14,15)12-3-4-13/h5-6,12-13H,3-4H2,1-2H3. The lowest BCUT2D eigenvalue weighted by Crippen LogP contribution is -2.27. The van der Waals surface area contributed by atoms with E-state index >= 15 is 0 Å². The number of rotatable bonds is 6. The summed E-state index contributed by atoms with van der Waals surface area (Å²) in [7, 11) is -1.07. The first-order valence-corrected chi connectivity index (χ1v) is 6.84. The molecule has 0 unspecified atom stereocenters. The fourth-order valence-electron chi connectivity index (χ4n) is 1.30. The molecule has 0 amide bonds. The first kappa shape index (κ1) is 15.0. The Kier molecular flexibility index (Phi) is 5.21. The Morgan fingerprint density at radius 1 is 1.28 bits per heavy atom. The number of nitrogens with one attached hydrogen (secondary N) is 1. The van der Waals surface area contributed by atoms with Crippen molar-refractivity contribution in [3.05, 3.63) is 17.2 Å². The van der Waals surface area contributed by atoms with Crippen molar-refractivity contribution in [1.29, 1.82) is 0 Å². The molecule has 102 valence electrons. The number of methoxy groups -OCH3 is 2. The second kappa shape index (κ2) is 6.24. The van der Waals surface area contributed by atoms with E-state index in [-0.39, 0.29) is 34.6 Å². The van der Waals surface area contributed by atoms with E-state index in [2.05, 4.69) is 4.72 Å². The molecule has 0 heterocycles. The normalized spacial score (nSPS) is 11.3. The lowest BCUT2D eigenvalue weighted by molar-refractivity contribution is 0.301. The summed E-state index contributed by atoms with van der Waals surface area (Å²) in [5.41, 5.74) is 0. The lowest BCUT2D eigenvalue weighted by atomic mass is 10.3. The second-order valence-electron chi connectivity index (χ2n) is 3.26. The fraction of sp³-hybridized carbons (Fsp3) is 0.400. The van der Waals surface area contributed by atoms with Gasteiger partial charge >= 0.3 is 0 Å². The highest BCUT2D eigenvalue weighted by Crippen LogP contribution is 2.34. The zero-order valence-corrected chi connectivity index (χ0v) is 11.5. The molecule has 0 spiro atoms. The summed E-state index contributed by atoms with van der Waals surface area (Å²) in [5.74, 6) is 0.327. The van der Waals surface area contributed by atoms with Crippen molar-refractivity contribution < 1.29 is 23.0 Å². The number of halogens is 1. The van der Waals surface area contributed by atoms with Crippen molar-refractivity contribution in [2.45, 2.75) is 4.90 Å². The van der Waals surface area contributed by atoms with Crippen LogP contribution in [0.2, 0.25) is 5.02 Å². The van der Waals surface area contributed by atoms with Crippen LogP contribution >= 0.6 is 11.6 Å². The minimum Gasteiger partial charge on any atom is -0.495 e. The maximum atomic E-state index is 11.9. The smallest absolute Gasteiger partial charge is 0.244 e. The van der Waals surface area contributed by atoms with Crippen LogP contribution in [0.3, 0.4) is 0 Å². The van der Waals surface area contributed by atoms with Crippen molar-refractivity contribution >= 4 is 21.6 Å². The van der Waals surface area contributed by atoms with Gasteiger partial charge in [0.2, 0.25) is 10.0 Å². The van der Waals surface area contributed by atoms with Crippen LogP contribution in [0.15, 0.2) is 17.0 Å². The van der Waals surface area contributed by atoms with Gasteiger partial charge in [0.15, 0.2) is 0 Å². The molecule has 0 radical (unpaired) electrons. The van der Waals surface area contributed by atoms with Crippen LogP contribution < -0.4 is 14.2 Å². The van der Waals surface area contributed by atoms with Crippen molar-refractivity contribution in [2.75, 3.05) is 27.4 Å². The molecule has 0 saturated heterocycles. The molecule has 1 aromatic carbocycles. The Hall–Kier alpha value is -1.02. The number of ether oxygens (including phenoxy) is 2. The van der Waals surface area contributed by atoms with Crippen molar-refractivity contribution in [2.24, 2.45) is 0 Å². The summed E-state index contributed by atoms with van der Waals surface area (Å²) < 4.78 is 36.0. The quantitative estimate of drug-likeness (QED) is 0.804. The van der Waals surface area contributed by atoms with Crippen LogP contribution in [0.4, 0.5) is 0 Å². The van der Waals surface area contributed by atoms with Crippen LogP contribution in [-0.4, -0.2) is 40.9 Å². The van der Waals surface area contributed by atoms with E-state index in [0.29, 0.717) is 0 Å². The Morgan fingerprint density at radius 3 is 2.39 bits per heavy atom. The van der Waals surface area contributed by atoms with Gasteiger partial charge in [-0.2, -0.15) is 0 Å². The number of aliphatic hydroxyl groups excluding tert-OH is 1. The maximum Gasteiger partial charge on any atom is 0.244 e. The van der Waals surface area contributed by atoms with Gasteiger partial charge in [0, 0.05) is 18.7 Å². The van der Waals surface area contributed by atoms with Gasteiger partial charge in [0.1, 0.15) is 16.4 Å². The van der Waals surface area contributed by atoms with Gasteiger partial charge in [0.25, 0.3) is 0 Å². The SMILES string of the molecule is COc1cc(S(=O)(=O)NCCO)c(OC)cc1Cl. The molecule has 0 fully saturated rings. The van der Waals surface area contributed by atoms with Gasteiger partial charge in [0.05, 0.1) is 25.8 Å². The van der Waals surface area contributed by atoms with E-state index in [9.17, 15) is 8.42 Å². The van der Waals surface area contributed by atoms with Gasteiger partial charge in [-0.15, -0.1) is 0 Å². The van der Waals surface area contributed by atoms with Crippen LogP contribution in [0.5, 0.6) is 11.5 Å². The summed E-state index contributed by atoms with van der Waals surface area (Å²) >= 11 is 5.87. The van der Waals surface area contributed by atoms with E-state index in [1.54, 1.807) is 0 Å². The molecule has 0 bridgehead atoms. The third-order valence-corrected chi connectivity index (χ3v) is 3.91. The summed E-state index contributed by atoms with van der Waals surface area (Å²) in [6.45, 7) is -0.386. The highest BCUT2D eigenvalue weighted by atomic mass is 35.5. The molecule has 18 heavy (non-hydrogen) atoms. The summed E-state index contributed by atoms with van der Waals surface area (Å²) in [6, 6.07) is 2.62. The summed E-state index contributed by atoms with van der Waals surface area (Å²) in [6.07, 6.45) is 0.